The minimum Gasteiger partial charge on any atom is -0.370 e. The van der Waals surface area contributed by atoms with Gasteiger partial charge in [0.25, 0.3) is 5.91 Å². The van der Waals surface area contributed by atoms with E-state index in [2.05, 4.69) is 15.5 Å². The van der Waals surface area contributed by atoms with Crippen molar-refractivity contribution in [3.8, 4) is 0 Å². The first-order chi connectivity index (χ1) is 10.1. The number of carbonyl (C=O) groups is 2. The number of halogens is 1. The predicted octanol–water partition coefficient (Wildman–Crippen LogP) is 1.56. The van der Waals surface area contributed by atoms with Crippen LogP contribution in [0, 0.1) is 0 Å². The van der Waals surface area contributed by atoms with Crippen molar-refractivity contribution in [1.82, 2.24) is 10.6 Å². The molecular weight excluding hydrogens is 290 g/mol. The van der Waals surface area contributed by atoms with Crippen molar-refractivity contribution in [3.63, 3.8) is 0 Å². The SMILES string of the molecule is O=C(NC1CCNC1=O)c1ccc(N2CCCC2)c(Cl)c1. The number of anilines is 1. The molecule has 0 aliphatic carbocycles. The number of hydrogen-bond acceptors (Lipinski definition) is 3. The zero-order valence-electron chi connectivity index (χ0n) is 11.7. The molecule has 2 aliphatic rings. The van der Waals surface area contributed by atoms with Crippen LogP contribution in [0.25, 0.3) is 0 Å². The van der Waals surface area contributed by atoms with Crippen LogP contribution in [0.15, 0.2) is 18.2 Å². The molecule has 1 aromatic carbocycles. The lowest BCUT2D eigenvalue weighted by Crippen LogP contribution is -2.40. The third-order valence-corrected chi connectivity index (χ3v) is 4.31. The molecular formula is C15H18ClN3O2. The summed E-state index contributed by atoms with van der Waals surface area (Å²) < 4.78 is 0. The van der Waals surface area contributed by atoms with Crippen molar-refractivity contribution in [3.05, 3.63) is 28.8 Å². The smallest absolute Gasteiger partial charge is 0.251 e. The maximum absolute atomic E-state index is 12.2. The summed E-state index contributed by atoms with van der Waals surface area (Å²) in [5, 5.41) is 6.02. The highest BCUT2D eigenvalue weighted by Crippen LogP contribution is 2.29. The molecule has 0 radical (unpaired) electrons. The Hall–Kier alpha value is -1.75. The summed E-state index contributed by atoms with van der Waals surface area (Å²) >= 11 is 6.30. The van der Waals surface area contributed by atoms with Crippen LogP contribution in [-0.2, 0) is 4.79 Å². The third kappa shape index (κ3) is 2.97. The number of nitrogens with one attached hydrogen (secondary N) is 2. The summed E-state index contributed by atoms with van der Waals surface area (Å²) in [6, 6.07) is 4.89. The highest BCUT2D eigenvalue weighted by Gasteiger charge is 2.26. The van der Waals surface area contributed by atoms with Gasteiger partial charge in [0.1, 0.15) is 6.04 Å². The second-order valence-corrected chi connectivity index (χ2v) is 5.87. The van der Waals surface area contributed by atoms with Crippen LogP contribution in [0.4, 0.5) is 5.69 Å². The van der Waals surface area contributed by atoms with Gasteiger partial charge in [-0.25, -0.2) is 0 Å². The van der Waals surface area contributed by atoms with E-state index in [1.165, 1.54) is 12.8 Å². The Morgan fingerprint density at radius 1 is 1.33 bits per heavy atom. The minimum atomic E-state index is -0.436. The second kappa shape index (κ2) is 5.93. The Balaban J connectivity index is 1.72. The number of rotatable bonds is 3. The van der Waals surface area contributed by atoms with Crippen molar-refractivity contribution in [2.45, 2.75) is 25.3 Å². The van der Waals surface area contributed by atoms with Gasteiger partial charge in [0.2, 0.25) is 5.91 Å². The van der Waals surface area contributed by atoms with Crippen molar-refractivity contribution in [1.29, 1.82) is 0 Å². The van der Waals surface area contributed by atoms with E-state index in [0.717, 1.165) is 18.8 Å². The Bertz CT molecular complexity index is 570. The Morgan fingerprint density at radius 2 is 2.10 bits per heavy atom. The topological polar surface area (TPSA) is 61.4 Å². The molecule has 1 atom stereocenters. The molecule has 5 nitrogen and oxygen atoms in total. The molecule has 2 aliphatic heterocycles. The summed E-state index contributed by atoms with van der Waals surface area (Å²) in [6.45, 7) is 2.62. The van der Waals surface area contributed by atoms with Gasteiger partial charge in [-0.1, -0.05) is 11.6 Å². The zero-order chi connectivity index (χ0) is 14.8. The van der Waals surface area contributed by atoms with Crippen molar-refractivity contribution >= 4 is 29.1 Å². The van der Waals surface area contributed by atoms with E-state index in [1.54, 1.807) is 12.1 Å². The fourth-order valence-corrected chi connectivity index (χ4v) is 3.14. The number of hydrogen-bond donors (Lipinski definition) is 2. The summed E-state index contributed by atoms with van der Waals surface area (Å²) in [4.78, 5) is 25.9. The molecule has 2 N–H and O–H groups in total. The van der Waals surface area contributed by atoms with Gasteiger partial charge < -0.3 is 15.5 Å². The molecule has 0 bridgehead atoms. The monoisotopic (exact) mass is 307 g/mol. The quantitative estimate of drug-likeness (QED) is 0.891. The predicted molar refractivity (Wildman–Crippen MR) is 81.8 cm³/mol. The van der Waals surface area contributed by atoms with Crippen LogP contribution < -0.4 is 15.5 Å². The Kier molecular flexibility index (Phi) is 4.01. The van der Waals surface area contributed by atoms with E-state index < -0.39 is 6.04 Å². The first kappa shape index (κ1) is 14.2. The average molecular weight is 308 g/mol. The van der Waals surface area contributed by atoms with Crippen LogP contribution in [-0.4, -0.2) is 37.5 Å². The zero-order valence-corrected chi connectivity index (χ0v) is 12.4. The van der Waals surface area contributed by atoms with E-state index in [1.807, 2.05) is 6.07 Å². The van der Waals surface area contributed by atoms with Crippen LogP contribution in [0.1, 0.15) is 29.6 Å². The maximum atomic E-state index is 12.2. The van der Waals surface area contributed by atoms with Crippen LogP contribution >= 0.6 is 11.6 Å². The Labute approximate surface area is 128 Å². The first-order valence-corrected chi connectivity index (χ1v) is 7.66. The lowest BCUT2D eigenvalue weighted by molar-refractivity contribution is -0.120. The largest absolute Gasteiger partial charge is 0.370 e. The summed E-state index contributed by atoms with van der Waals surface area (Å²) in [6.07, 6.45) is 2.98. The molecule has 2 amide bonds. The van der Waals surface area contributed by atoms with E-state index in [-0.39, 0.29) is 11.8 Å². The van der Waals surface area contributed by atoms with Crippen LogP contribution in [0.2, 0.25) is 5.02 Å². The summed E-state index contributed by atoms with van der Waals surface area (Å²) in [7, 11) is 0. The third-order valence-electron chi connectivity index (χ3n) is 4.01. The lowest BCUT2D eigenvalue weighted by Gasteiger charge is -2.19. The number of benzene rings is 1. The molecule has 6 heteroatoms. The Morgan fingerprint density at radius 3 is 2.71 bits per heavy atom. The van der Waals surface area contributed by atoms with E-state index >= 15 is 0 Å². The van der Waals surface area contributed by atoms with Gasteiger partial charge in [-0.05, 0) is 37.5 Å². The van der Waals surface area contributed by atoms with Gasteiger partial charge in [-0.2, -0.15) is 0 Å². The molecule has 0 aromatic heterocycles. The van der Waals surface area contributed by atoms with Gasteiger partial charge >= 0.3 is 0 Å². The van der Waals surface area contributed by atoms with Gasteiger partial charge in [-0.15, -0.1) is 0 Å². The van der Waals surface area contributed by atoms with E-state index in [9.17, 15) is 9.59 Å². The van der Waals surface area contributed by atoms with E-state index in [0.29, 0.717) is 23.6 Å². The fourth-order valence-electron chi connectivity index (χ4n) is 2.84. The van der Waals surface area contributed by atoms with Crippen molar-refractivity contribution in [2.75, 3.05) is 24.5 Å². The van der Waals surface area contributed by atoms with Gasteiger partial charge in [0.15, 0.2) is 0 Å². The molecule has 1 unspecified atom stereocenters. The standard InChI is InChI=1S/C15H18ClN3O2/c16-11-9-10(3-4-13(11)19-7-1-2-8-19)14(20)18-12-5-6-17-15(12)21/h3-4,9,12H,1-2,5-8H2,(H,17,21)(H,18,20). The minimum absolute atomic E-state index is 0.122. The molecule has 2 saturated heterocycles. The second-order valence-electron chi connectivity index (χ2n) is 5.47. The lowest BCUT2D eigenvalue weighted by atomic mass is 10.1. The molecule has 2 fully saturated rings. The van der Waals surface area contributed by atoms with Gasteiger partial charge in [0.05, 0.1) is 10.7 Å². The fraction of sp³-hybridized carbons (Fsp3) is 0.467. The number of amides is 2. The average Bonchev–Trinajstić information content (AvgIpc) is 3.11. The molecule has 21 heavy (non-hydrogen) atoms. The molecule has 3 rings (SSSR count). The first-order valence-electron chi connectivity index (χ1n) is 7.28. The molecule has 0 spiro atoms. The summed E-state index contributed by atoms with van der Waals surface area (Å²) in [5.74, 6) is -0.380. The van der Waals surface area contributed by atoms with Gasteiger partial charge in [-0.3, -0.25) is 9.59 Å². The van der Waals surface area contributed by atoms with Crippen molar-refractivity contribution in [2.24, 2.45) is 0 Å². The summed E-state index contributed by atoms with van der Waals surface area (Å²) in [5.41, 5.74) is 1.46. The normalized spacial score (nSPS) is 21.5. The molecule has 0 saturated carbocycles. The maximum Gasteiger partial charge on any atom is 0.251 e. The number of nitrogens with zero attached hydrogens (tertiary/aromatic N) is 1. The van der Waals surface area contributed by atoms with E-state index in [4.69, 9.17) is 11.6 Å². The highest BCUT2D eigenvalue weighted by molar-refractivity contribution is 6.33. The van der Waals surface area contributed by atoms with Gasteiger partial charge in [0, 0.05) is 25.2 Å². The highest BCUT2D eigenvalue weighted by atomic mass is 35.5. The van der Waals surface area contributed by atoms with Crippen molar-refractivity contribution < 1.29 is 9.59 Å². The molecule has 1 aromatic rings. The molecule has 112 valence electrons. The van der Waals surface area contributed by atoms with Crippen LogP contribution in [0.5, 0.6) is 0 Å². The number of carbonyl (C=O) groups excluding carboxylic acids is 2. The van der Waals surface area contributed by atoms with Crippen LogP contribution in [0.3, 0.4) is 0 Å². The molecule has 2 heterocycles.